The summed E-state index contributed by atoms with van der Waals surface area (Å²) in [6, 6.07) is 13.9. The van der Waals surface area contributed by atoms with Crippen LogP contribution in [0.5, 0.6) is 5.75 Å². The van der Waals surface area contributed by atoms with Crippen LogP contribution in [-0.4, -0.2) is 48.0 Å². The minimum absolute atomic E-state index is 0.216. The van der Waals surface area contributed by atoms with E-state index in [0.717, 1.165) is 46.6 Å². The number of nitrogens with zero attached hydrogens (tertiary/aromatic N) is 1. The van der Waals surface area contributed by atoms with Crippen LogP contribution in [0.3, 0.4) is 0 Å². The van der Waals surface area contributed by atoms with E-state index in [-0.39, 0.29) is 6.61 Å². The standard InChI is InChI=1S/C42H59N3O5S/c1-6-9-10-11-12-13-14-15-16-17-18-19-20-24-31-25-23-28-35(49-7-2)37(31)39-36(41(47)50-8-3)30(4)43-34(38(39)40(46)48-5)29-51-42-44-32-26-21-22-27-33(32)45-42/h21-23,25-28,39,43H,6-20,24,29H2,1-5H3,(H,44,45). The average molecular weight is 718 g/mol. The van der Waals surface area contributed by atoms with E-state index in [0.29, 0.717) is 40.6 Å². The number of carbonyl (C=O) groups excluding carboxylic acids is 2. The summed E-state index contributed by atoms with van der Waals surface area (Å²) in [4.78, 5) is 35.7. The number of allylic oxidation sites excluding steroid dienone is 1. The predicted octanol–water partition coefficient (Wildman–Crippen LogP) is 10.3. The Morgan fingerprint density at radius 1 is 0.784 bits per heavy atom. The molecule has 1 atom stereocenters. The first kappa shape index (κ1) is 40.1. The van der Waals surface area contributed by atoms with Crippen LogP contribution in [0.2, 0.25) is 0 Å². The lowest BCUT2D eigenvalue weighted by atomic mass is 9.77. The van der Waals surface area contributed by atoms with Crippen LogP contribution in [0, 0.1) is 0 Å². The SMILES string of the molecule is CCCCCCCCCCCCCCCc1cccc(OCC)c1C1C(C(=O)OCC)=C(C)NC(CSc2nc3ccccc3[nH]2)=C1C(=O)OC. The van der Waals surface area contributed by atoms with Crippen molar-refractivity contribution < 1.29 is 23.8 Å². The number of methoxy groups -OCH3 is 1. The molecule has 0 fully saturated rings. The van der Waals surface area contributed by atoms with Gasteiger partial charge in [0.1, 0.15) is 5.75 Å². The lowest BCUT2D eigenvalue weighted by Gasteiger charge is -2.33. The molecule has 2 N–H and O–H groups in total. The number of rotatable bonds is 23. The molecular weight excluding hydrogens is 659 g/mol. The van der Waals surface area contributed by atoms with Gasteiger partial charge in [0.25, 0.3) is 0 Å². The number of H-pyrrole nitrogens is 1. The van der Waals surface area contributed by atoms with Gasteiger partial charge in [0.15, 0.2) is 5.16 Å². The van der Waals surface area contributed by atoms with Gasteiger partial charge in [0.2, 0.25) is 0 Å². The zero-order valence-corrected chi connectivity index (χ0v) is 32.4. The fraction of sp³-hybridized carbons (Fsp3) is 0.548. The van der Waals surface area contributed by atoms with E-state index in [4.69, 9.17) is 19.2 Å². The van der Waals surface area contributed by atoms with Gasteiger partial charge in [-0.1, -0.05) is 120 Å². The summed E-state index contributed by atoms with van der Waals surface area (Å²) in [6.45, 7) is 8.54. The highest BCUT2D eigenvalue weighted by Gasteiger charge is 2.41. The van der Waals surface area contributed by atoms with E-state index >= 15 is 0 Å². The Balaban J connectivity index is 1.57. The van der Waals surface area contributed by atoms with Crippen molar-refractivity contribution in [3.8, 4) is 5.75 Å². The molecule has 4 rings (SSSR count). The van der Waals surface area contributed by atoms with Crippen molar-refractivity contribution in [2.24, 2.45) is 0 Å². The smallest absolute Gasteiger partial charge is 0.336 e. The zero-order chi connectivity index (χ0) is 36.4. The third kappa shape index (κ3) is 11.4. The molecule has 1 aliphatic heterocycles. The van der Waals surface area contributed by atoms with E-state index in [1.54, 1.807) is 6.92 Å². The maximum Gasteiger partial charge on any atom is 0.336 e. The zero-order valence-electron chi connectivity index (χ0n) is 31.5. The molecule has 1 aromatic heterocycles. The number of thioether (sulfide) groups is 1. The molecule has 9 heteroatoms. The Kier molecular flexibility index (Phi) is 17.0. The van der Waals surface area contributed by atoms with E-state index in [2.05, 4.69) is 23.3 Å². The Labute approximate surface area is 309 Å². The fourth-order valence-corrected chi connectivity index (χ4v) is 7.87. The van der Waals surface area contributed by atoms with Gasteiger partial charge in [-0.3, -0.25) is 0 Å². The summed E-state index contributed by atoms with van der Waals surface area (Å²) in [7, 11) is 1.38. The van der Waals surface area contributed by atoms with E-state index in [1.165, 1.54) is 89.5 Å². The van der Waals surface area contributed by atoms with Crippen LogP contribution in [-0.2, 0) is 25.5 Å². The summed E-state index contributed by atoms with van der Waals surface area (Å²) >= 11 is 1.49. The molecule has 2 heterocycles. The first-order valence-electron chi connectivity index (χ1n) is 19.2. The van der Waals surface area contributed by atoms with Crippen LogP contribution in [0.1, 0.15) is 128 Å². The molecular formula is C42H59N3O5S. The van der Waals surface area contributed by atoms with Crippen molar-refractivity contribution in [1.82, 2.24) is 15.3 Å². The van der Waals surface area contributed by atoms with Crippen molar-refractivity contribution in [3.05, 3.63) is 76.1 Å². The van der Waals surface area contributed by atoms with Gasteiger partial charge in [-0.15, -0.1) is 0 Å². The number of esters is 2. The number of aryl methyl sites for hydroxylation is 1. The van der Waals surface area contributed by atoms with Gasteiger partial charge in [0.05, 0.1) is 48.4 Å². The molecule has 0 spiro atoms. The highest BCUT2D eigenvalue weighted by atomic mass is 32.2. The Hall–Kier alpha value is -3.72. The molecule has 51 heavy (non-hydrogen) atoms. The Morgan fingerprint density at radius 2 is 1.45 bits per heavy atom. The van der Waals surface area contributed by atoms with Gasteiger partial charge in [0, 0.05) is 22.7 Å². The molecule has 2 aromatic carbocycles. The number of ether oxygens (including phenoxy) is 3. The summed E-state index contributed by atoms with van der Waals surface area (Å²) in [6.07, 6.45) is 17.5. The summed E-state index contributed by atoms with van der Waals surface area (Å²) < 4.78 is 17.3. The van der Waals surface area contributed by atoms with Gasteiger partial charge in [-0.25, -0.2) is 14.6 Å². The molecule has 1 unspecified atom stereocenters. The number of hydrogen-bond acceptors (Lipinski definition) is 8. The molecule has 0 bridgehead atoms. The number of imidazole rings is 1. The van der Waals surface area contributed by atoms with Gasteiger partial charge in [-0.05, 0) is 57.4 Å². The van der Waals surface area contributed by atoms with Crippen molar-refractivity contribution >= 4 is 34.7 Å². The minimum Gasteiger partial charge on any atom is -0.494 e. The normalized spacial score (nSPS) is 14.6. The Bertz CT molecular complexity index is 1590. The maximum atomic E-state index is 13.8. The molecule has 278 valence electrons. The molecule has 3 aromatic rings. The number of dihydropyridines is 1. The molecule has 0 amide bonds. The first-order valence-corrected chi connectivity index (χ1v) is 20.2. The van der Waals surface area contributed by atoms with Crippen LogP contribution >= 0.6 is 11.8 Å². The molecule has 1 aliphatic rings. The van der Waals surface area contributed by atoms with Crippen LogP contribution < -0.4 is 10.1 Å². The number of aromatic amines is 1. The van der Waals surface area contributed by atoms with Gasteiger partial charge in [-0.2, -0.15) is 0 Å². The summed E-state index contributed by atoms with van der Waals surface area (Å²) in [5.74, 6) is -0.629. The number of aromatic nitrogens is 2. The second kappa shape index (κ2) is 21.6. The van der Waals surface area contributed by atoms with Crippen molar-refractivity contribution in [2.45, 2.75) is 129 Å². The number of carbonyl (C=O) groups is 2. The molecule has 0 aliphatic carbocycles. The largest absolute Gasteiger partial charge is 0.494 e. The lowest BCUT2D eigenvalue weighted by molar-refractivity contribution is -0.139. The van der Waals surface area contributed by atoms with Crippen LogP contribution in [0.4, 0.5) is 0 Å². The summed E-state index contributed by atoms with van der Waals surface area (Å²) in [5.41, 5.74) is 5.80. The lowest BCUT2D eigenvalue weighted by Crippen LogP contribution is -2.34. The second-order valence-corrected chi connectivity index (χ2v) is 14.3. The Morgan fingerprint density at radius 3 is 2.08 bits per heavy atom. The molecule has 0 saturated carbocycles. The van der Waals surface area contributed by atoms with Crippen molar-refractivity contribution in [2.75, 3.05) is 26.1 Å². The highest BCUT2D eigenvalue weighted by molar-refractivity contribution is 7.99. The molecule has 0 radical (unpaired) electrons. The molecule has 8 nitrogen and oxygen atoms in total. The monoisotopic (exact) mass is 717 g/mol. The van der Waals surface area contributed by atoms with Crippen LogP contribution in [0.15, 0.2) is 70.2 Å². The highest BCUT2D eigenvalue weighted by Crippen LogP contribution is 2.45. The number of nitrogens with one attached hydrogen (secondary N) is 2. The number of unbranched alkanes of at least 4 members (excludes halogenated alkanes) is 12. The average Bonchev–Trinajstić information content (AvgIpc) is 3.55. The van der Waals surface area contributed by atoms with Crippen molar-refractivity contribution in [3.63, 3.8) is 0 Å². The second-order valence-electron chi connectivity index (χ2n) is 13.3. The van der Waals surface area contributed by atoms with Gasteiger partial charge >= 0.3 is 11.9 Å². The minimum atomic E-state index is -0.733. The van der Waals surface area contributed by atoms with Gasteiger partial charge < -0.3 is 24.5 Å². The number of para-hydroxylation sites is 2. The summed E-state index contributed by atoms with van der Waals surface area (Å²) in [5, 5.41) is 4.13. The van der Waals surface area contributed by atoms with E-state index < -0.39 is 17.9 Å². The maximum absolute atomic E-state index is 13.8. The predicted molar refractivity (Wildman–Crippen MR) is 208 cm³/mol. The van der Waals surface area contributed by atoms with E-state index in [1.807, 2.05) is 50.2 Å². The quantitative estimate of drug-likeness (QED) is 0.0568. The van der Waals surface area contributed by atoms with Crippen molar-refractivity contribution in [1.29, 1.82) is 0 Å². The molecule has 0 saturated heterocycles. The third-order valence-corrected chi connectivity index (χ3v) is 10.5. The number of benzene rings is 2. The topological polar surface area (TPSA) is 103 Å². The number of fused-ring (bicyclic) bond motifs is 1. The van der Waals surface area contributed by atoms with Crippen LogP contribution in [0.25, 0.3) is 11.0 Å². The first-order chi connectivity index (χ1) is 24.9. The van der Waals surface area contributed by atoms with E-state index in [9.17, 15) is 9.59 Å². The fourth-order valence-electron chi connectivity index (χ4n) is 7.02. The number of hydrogen-bond donors (Lipinski definition) is 2. The third-order valence-electron chi connectivity index (χ3n) is 9.56.